The number of nitro groups is 2. The van der Waals surface area contributed by atoms with Crippen molar-refractivity contribution in [3.05, 3.63) is 72.8 Å². The highest BCUT2D eigenvalue weighted by atomic mass is 35.5. The van der Waals surface area contributed by atoms with E-state index in [1.807, 2.05) is 0 Å². The lowest BCUT2D eigenvalue weighted by Crippen LogP contribution is -2.16. The Morgan fingerprint density at radius 3 is 2.52 bits per heavy atom. The van der Waals surface area contributed by atoms with Crippen LogP contribution in [0.2, 0.25) is 5.02 Å². The Hall–Kier alpha value is -3.80. The van der Waals surface area contributed by atoms with Gasteiger partial charge in [0.15, 0.2) is 5.69 Å². The van der Waals surface area contributed by atoms with Crippen LogP contribution in [0.3, 0.4) is 0 Å². The summed E-state index contributed by atoms with van der Waals surface area (Å²) in [5.41, 5.74) is 0.449. The molecule has 1 aromatic carbocycles. The van der Waals surface area contributed by atoms with Gasteiger partial charge in [0.25, 0.3) is 11.6 Å². The number of non-ortho nitro benzene ring substituents is 1. The summed E-state index contributed by atoms with van der Waals surface area (Å²) in [5, 5.41) is 32.8. The number of aromatic nitrogens is 4. The number of amides is 1. The predicted molar refractivity (Wildman–Crippen MR) is 102 cm³/mol. The molecule has 1 amide bonds. The van der Waals surface area contributed by atoms with Crippen LogP contribution in [0.25, 0.3) is 0 Å². The second kappa shape index (κ2) is 7.67. The topological polar surface area (TPSA) is 151 Å². The zero-order valence-corrected chi connectivity index (χ0v) is 16.0. The number of rotatable bonds is 6. The fourth-order valence-corrected chi connectivity index (χ4v) is 2.86. The fourth-order valence-electron chi connectivity index (χ4n) is 2.70. The second-order valence-corrected chi connectivity index (χ2v) is 6.44. The van der Waals surface area contributed by atoms with Crippen molar-refractivity contribution in [1.29, 1.82) is 0 Å². The maximum Gasteiger partial charge on any atom is 0.312 e. The molecule has 0 unspecified atom stereocenters. The molecule has 2 aromatic heterocycles. The van der Waals surface area contributed by atoms with Gasteiger partial charge < -0.3 is 5.32 Å². The summed E-state index contributed by atoms with van der Waals surface area (Å²) in [6, 6.07) is 5.11. The van der Waals surface area contributed by atoms with Gasteiger partial charge in [-0.05, 0) is 26.0 Å². The van der Waals surface area contributed by atoms with E-state index in [1.165, 1.54) is 40.7 Å². The Balaban J connectivity index is 1.78. The molecule has 2 heterocycles. The van der Waals surface area contributed by atoms with Crippen molar-refractivity contribution in [2.75, 3.05) is 5.32 Å². The highest BCUT2D eigenvalue weighted by Gasteiger charge is 2.22. The molecule has 13 heteroatoms. The lowest BCUT2D eigenvalue weighted by atomic mass is 10.2. The predicted octanol–water partition coefficient (Wildman–Crippen LogP) is 2.92. The Morgan fingerprint density at radius 2 is 1.90 bits per heavy atom. The summed E-state index contributed by atoms with van der Waals surface area (Å²) in [5.74, 6) is -0.620. The highest BCUT2D eigenvalue weighted by Crippen LogP contribution is 2.27. The maximum absolute atomic E-state index is 12.4. The van der Waals surface area contributed by atoms with Gasteiger partial charge >= 0.3 is 5.69 Å². The summed E-state index contributed by atoms with van der Waals surface area (Å²) in [6.45, 7) is 3.16. The van der Waals surface area contributed by atoms with E-state index >= 15 is 0 Å². The van der Waals surface area contributed by atoms with Crippen LogP contribution in [-0.2, 0) is 6.67 Å². The average Bonchev–Trinajstić information content (AvgIpc) is 3.21. The van der Waals surface area contributed by atoms with Gasteiger partial charge in [0, 0.05) is 18.3 Å². The van der Waals surface area contributed by atoms with Crippen molar-refractivity contribution in [3.8, 4) is 0 Å². The van der Waals surface area contributed by atoms with E-state index < -0.39 is 15.8 Å². The number of aryl methyl sites for hydroxylation is 1. The minimum atomic E-state index is -0.620. The van der Waals surface area contributed by atoms with Crippen molar-refractivity contribution in [2.45, 2.75) is 20.5 Å². The van der Waals surface area contributed by atoms with Gasteiger partial charge in [0.05, 0.1) is 20.6 Å². The average molecular weight is 420 g/mol. The number of hydrogen-bond donors (Lipinski definition) is 1. The number of nitrogens with one attached hydrogen (secondary N) is 1. The van der Waals surface area contributed by atoms with Crippen molar-refractivity contribution in [2.24, 2.45) is 0 Å². The molecule has 12 nitrogen and oxygen atoms in total. The van der Waals surface area contributed by atoms with E-state index in [2.05, 4.69) is 15.5 Å². The smallest absolute Gasteiger partial charge is 0.312 e. The number of benzene rings is 1. The number of carbonyl (C=O) groups excluding carboxylic acids is 1. The third-order valence-electron chi connectivity index (χ3n) is 4.09. The van der Waals surface area contributed by atoms with Crippen LogP contribution in [0, 0.1) is 34.1 Å². The van der Waals surface area contributed by atoms with Crippen LogP contribution in [-0.4, -0.2) is 35.3 Å². The van der Waals surface area contributed by atoms with E-state index in [1.54, 1.807) is 6.92 Å². The van der Waals surface area contributed by atoms with Gasteiger partial charge in [-0.3, -0.25) is 29.7 Å². The molecule has 0 aliphatic heterocycles. The highest BCUT2D eigenvalue weighted by molar-refractivity contribution is 6.34. The number of anilines is 1. The van der Waals surface area contributed by atoms with Gasteiger partial charge in [-0.25, -0.2) is 4.68 Å². The van der Waals surface area contributed by atoms with E-state index in [0.29, 0.717) is 5.69 Å². The molecule has 1 N–H and O–H groups in total. The minimum absolute atomic E-state index is 0.0311. The molecule has 29 heavy (non-hydrogen) atoms. The van der Waals surface area contributed by atoms with Gasteiger partial charge in [0.2, 0.25) is 0 Å². The molecule has 0 atom stereocenters. The number of nitro benzene ring substituents is 1. The number of nitrogens with zero attached hydrogens (tertiary/aromatic N) is 6. The van der Waals surface area contributed by atoms with Gasteiger partial charge in [-0.15, -0.1) is 0 Å². The Bertz CT molecular complexity index is 1140. The van der Waals surface area contributed by atoms with E-state index in [-0.39, 0.29) is 40.1 Å². The molecule has 3 aromatic rings. The largest absolute Gasteiger partial charge is 0.319 e. The molecule has 0 aliphatic carbocycles. The van der Waals surface area contributed by atoms with Gasteiger partial charge in [0.1, 0.15) is 18.1 Å². The molecular formula is C16H14ClN7O5. The lowest BCUT2D eigenvalue weighted by Gasteiger charge is -2.06. The molecule has 0 aliphatic rings. The van der Waals surface area contributed by atoms with Crippen molar-refractivity contribution < 1.29 is 14.6 Å². The molecule has 0 fully saturated rings. The van der Waals surface area contributed by atoms with Crippen LogP contribution in [0.5, 0.6) is 0 Å². The third kappa shape index (κ3) is 4.06. The standard InChI is InChI=1S/C16H14ClN7O5/c1-9-15(24(28)29)10(2)22(19-9)8-21-6-5-13(20-21)16(25)18-14-7-11(23(26)27)3-4-12(14)17/h3-7H,8H2,1-2H3,(H,18,25). The Labute approximate surface area is 168 Å². The van der Waals surface area contributed by atoms with E-state index in [4.69, 9.17) is 11.6 Å². The first-order valence-corrected chi connectivity index (χ1v) is 8.52. The molecule has 0 saturated carbocycles. The van der Waals surface area contributed by atoms with Crippen molar-refractivity contribution in [1.82, 2.24) is 19.6 Å². The Morgan fingerprint density at radius 1 is 1.17 bits per heavy atom. The Kier molecular flexibility index (Phi) is 5.28. The fraction of sp³-hybridized carbons (Fsp3) is 0.188. The van der Waals surface area contributed by atoms with Crippen LogP contribution in [0.15, 0.2) is 30.5 Å². The summed E-state index contributed by atoms with van der Waals surface area (Å²) < 4.78 is 2.78. The first-order valence-electron chi connectivity index (χ1n) is 8.14. The van der Waals surface area contributed by atoms with Crippen LogP contribution < -0.4 is 5.32 Å². The monoisotopic (exact) mass is 419 g/mol. The quantitative estimate of drug-likeness (QED) is 0.476. The molecule has 150 valence electrons. The summed E-state index contributed by atoms with van der Waals surface area (Å²) >= 11 is 5.98. The first kappa shape index (κ1) is 19.9. The lowest BCUT2D eigenvalue weighted by molar-refractivity contribution is -0.386. The van der Waals surface area contributed by atoms with Gasteiger partial charge in [-0.2, -0.15) is 10.2 Å². The van der Waals surface area contributed by atoms with E-state index in [9.17, 15) is 25.0 Å². The van der Waals surface area contributed by atoms with Crippen LogP contribution >= 0.6 is 11.6 Å². The SMILES string of the molecule is Cc1nn(Cn2ccc(C(=O)Nc3cc([N+](=O)[O-])ccc3Cl)n2)c(C)c1[N+](=O)[O-]. The third-order valence-corrected chi connectivity index (χ3v) is 4.42. The molecular weight excluding hydrogens is 406 g/mol. The summed E-state index contributed by atoms with van der Waals surface area (Å²) in [4.78, 5) is 33.3. The van der Waals surface area contributed by atoms with Crippen molar-refractivity contribution >= 4 is 34.6 Å². The van der Waals surface area contributed by atoms with Crippen LogP contribution in [0.1, 0.15) is 21.9 Å². The minimum Gasteiger partial charge on any atom is -0.319 e. The maximum atomic E-state index is 12.4. The van der Waals surface area contributed by atoms with E-state index in [0.717, 1.165) is 6.07 Å². The zero-order chi connectivity index (χ0) is 21.3. The second-order valence-electron chi connectivity index (χ2n) is 6.03. The molecule has 0 radical (unpaired) electrons. The molecule has 0 bridgehead atoms. The number of halogens is 1. The van der Waals surface area contributed by atoms with Crippen LogP contribution in [0.4, 0.5) is 17.1 Å². The summed E-state index contributed by atoms with van der Waals surface area (Å²) in [7, 11) is 0. The number of hydrogen-bond acceptors (Lipinski definition) is 7. The number of carbonyl (C=O) groups is 1. The zero-order valence-electron chi connectivity index (χ0n) is 15.2. The molecule has 0 saturated heterocycles. The normalized spacial score (nSPS) is 10.7. The molecule has 0 spiro atoms. The molecule has 3 rings (SSSR count). The van der Waals surface area contributed by atoms with Gasteiger partial charge in [-0.1, -0.05) is 11.6 Å². The summed E-state index contributed by atoms with van der Waals surface area (Å²) in [6.07, 6.45) is 1.51. The first-order chi connectivity index (χ1) is 13.7. The van der Waals surface area contributed by atoms with Crippen molar-refractivity contribution in [3.63, 3.8) is 0 Å².